The monoisotopic (exact) mass is 454 g/mol. The fourth-order valence-corrected chi connectivity index (χ4v) is 4.89. The first kappa shape index (κ1) is 27.8. The van der Waals surface area contributed by atoms with Crippen LogP contribution in [0.15, 0.2) is 42.9 Å². The number of ether oxygens (including phenoxy) is 1. The van der Waals surface area contributed by atoms with Gasteiger partial charge in [-0.1, -0.05) is 82.6 Å². The molecular weight excluding hydrogens is 404 g/mol. The molecule has 1 fully saturated rings. The number of hydrogen-bond donors (Lipinski definition) is 0. The Bertz CT molecular complexity index is 657. The van der Waals surface area contributed by atoms with Gasteiger partial charge in [0.2, 0.25) is 0 Å². The zero-order valence-corrected chi connectivity index (χ0v) is 21.7. The van der Waals surface area contributed by atoms with Crippen LogP contribution in [0, 0.1) is 5.92 Å². The van der Waals surface area contributed by atoms with E-state index >= 15 is 0 Å². The summed E-state index contributed by atoms with van der Waals surface area (Å²) >= 11 is 0. The number of unbranched alkanes of at least 4 members (excludes halogenated alkanes) is 11. The van der Waals surface area contributed by atoms with E-state index in [9.17, 15) is 0 Å². The highest BCUT2D eigenvalue weighted by Crippen LogP contribution is 2.39. The van der Waals surface area contributed by atoms with Crippen LogP contribution in [0.5, 0.6) is 0 Å². The SMILES string of the molecule is C=C(CCCCCCC/C=C\CCCCCCCC)CCC1COC(C)(c2cnccn2)C1. The molecule has 186 valence electrons. The molecule has 0 aliphatic carbocycles. The topological polar surface area (TPSA) is 35.0 Å². The van der Waals surface area contributed by atoms with E-state index in [2.05, 4.69) is 42.5 Å². The molecule has 0 spiro atoms. The standard InChI is InChI=1S/C30H50N2O/c1-4-5-6-7-8-9-10-11-12-13-14-15-16-17-18-19-27(2)20-21-28-24-30(3,33-26-28)29-25-31-22-23-32-29/h11-12,22-23,25,28H,2,4-10,13-21,24,26H2,1,3H3/b12-11-. The summed E-state index contributed by atoms with van der Waals surface area (Å²) in [6.07, 6.45) is 32.3. The number of hydrogen-bond acceptors (Lipinski definition) is 3. The van der Waals surface area contributed by atoms with Crippen LogP contribution < -0.4 is 0 Å². The van der Waals surface area contributed by atoms with Gasteiger partial charge in [0.25, 0.3) is 0 Å². The number of allylic oxidation sites excluding steroid dienone is 3. The van der Waals surface area contributed by atoms with Gasteiger partial charge >= 0.3 is 0 Å². The van der Waals surface area contributed by atoms with Gasteiger partial charge in [0.05, 0.1) is 18.5 Å². The van der Waals surface area contributed by atoms with Crippen molar-refractivity contribution in [2.24, 2.45) is 5.92 Å². The Hall–Kier alpha value is -1.48. The van der Waals surface area contributed by atoms with E-state index in [1.807, 2.05) is 6.20 Å². The molecule has 1 aliphatic heterocycles. The fourth-order valence-electron chi connectivity index (χ4n) is 4.89. The van der Waals surface area contributed by atoms with Crippen molar-refractivity contribution in [1.29, 1.82) is 0 Å². The second-order valence-corrected chi connectivity index (χ2v) is 10.3. The van der Waals surface area contributed by atoms with Crippen LogP contribution in [0.1, 0.15) is 129 Å². The van der Waals surface area contributed by atoms with Crippen molar-refractivity contribution >= 4 is 0 Å². The van der Waals surface area contributed by atoms with Gasteiger partial charge in [-0.15, -0.1) is 0 Å². The lowest BCUT2D eigenvalue weighted by Gasteiger charge is -2.22. The molecule has 1 aromatic heterocycles. The minimum absolute atomic E-state index is 0.274. The summed E-state index contributed by atoms with van der Waals surface area (Å²) in [6.45, 7) is 9.60. The lowest BCUT2D eigenvalue weighted by molar-refractivity contribution is 0.0117. The van der Waals surface area contributed by atoms with Crippen LogP contribution in [0.25, 0.3) is 0 Å². The lowest BCUT2D eigenvalue weighted by atomic mass is 9.89. The first-order valence-corrected chi connectivity index (χ1v) is 13.9. The van der Waals surface area contributed by atoms with Gasteiger partial charge in [-0.05, 0) is 70.6 Å². The van der Waals surface area contributed by atoms with E-state index in [0.29, 0.717) is 5.92 Å². The van der Waals surface area contributed by atoms with E-state index in [1.54, 1.807) is 12.4 Å². The minimum atomic E-state index is -0.274. The predicted octanol–water partition coefficient (Wildman–Crippen LogP) is 9.10. The van der Waals surface area contributed by atoms with Crippen LogP contribution in [0.2, 0.25) is 0 Å². The molecule has 1 saturated heterocycles. The van der Waals surface area contributed by atoms with Gasteiger partial charge in [0.1, 0.15) is 5.60 Å². The zero-order valence-electron chi connectivity index (χ0n) is 21.7. The van der Waals surface area contributed by atoms with Crippen molar-refractivity contribution in [2.45, 2.75) is 129 Å². The fraction of sp³-hybridized carbons (Fsp3) is 0.733. The molecule has 0 radical (unpaired) electrons. The molecule has 2 rings (SSSR count). The second-order valence-electron chi connectivity index (χ2n) is 10.3. The van der Waals surface area contributed by atoms with Gasteiger partial charge in [-0.25, -0.2) is 0 Å². The number of nitrogens with zero attached hydrogens (tertiary/aromatic N) is 2. The Morgan fingerprint density at radius 2 is 1.64 bits per heavy atom. The van der Waals surface area contributed by atoms with E-state index in [-0.39, 0.29) is 5.60 Å². The Labute approximate surface area is 204 Å². The van der Waals surface area contributed by atoms with Crippen molar-refractivity contribution in [3.8, 4) is 0 Å². The molecule has 2 atom stereocenters. The molecule has 2 heterocycles. The third-order valence-corrected chi connectivity index (χ3v) is 7.12. The van der Waals surface area contributed by atoms with E-state index < -0.39 is 0 Å². The quantitative estimate of drug-likeness (QED) is 0.154. The number of rotatable bonds is 19. The average Bonchev–Trinajstić information content (AvgIpc) is 3.23. The summed E-state index contributed by atoms with van der Waals surface area (Å²) < 4.78 is 6.12. The molecule has 0 amide bonds. The van der Waals surface area contributed by atoms with E-state index in [1.165, 1.54) is 102 Å². The molecule has 0 bridgehead atoms. The van der Waals surface area contributed by atoms with E-state index in [0.717, 1.165) is 25.1 Å². The third-order valence-electron chi connectivity index (χ3n) is 7.12. The summed E-state index contributed by atoms with van der Waals surface area (Å²) in [5.74, 6) is 0.600. The maximum absolute atomic E-state index is 6.12. The maximum atomic E-state index is 6.12. The molecule has 0 N–H and O–H groups in total. The van der Waals surface area contributed by atoms with Crippen LogP contribution in [-0.4, -0.2) is 16.6 Å². The minimum Gasteiger partial charge on any atom is -0.369 e. The summed E-state index contributed by atoms with van der Waals surface area (Å²) in [6, 6.07) is 0. The predicted molar refractivity (Wildman–Crippen MR) is 141 cm³/mol. The molecule has 33 heavy (non-hydrogen) atoms. The van der Waals surface area contributed by atoms with Crippen LogP contribution in [0.4, 0.5) is 0 Å². The smallest absolute Gasteiger partial charge is 0.109 e. The number of aromatic nitrogens is 2. The highest BCUT2D eigenvalue weighted by Gasteiger charge is 2.38. The van der Waals surface area contributed by atoms with Gasteiger partial charge in [-0.2, -0.15) is 0 Å². The van der Waals surface area contributed by atoms with Crippen molar-refractivity contribution < 1.29 is 4.74 Å². The van der Waals surface area contributed by atoms with Crippen molar-refractivity contribution in [3.05, 3.63) is 48.6 Å². The first-order chi connectivity index (χ1) is 16.1. The molecule has 2 unspecified atom stereocenters. The van der Waals surface area contributed by atoms with Crippen molar-refractivity contribution in [2.75, 3.05) is 6.61 Å². The summed E-state index contributed by atoms with van der Waals surface area (Å²) in [5, 5.41) is 0. The molecule has 3 heteroatoms. The average molecular weight is 455 g/mol. The summed E-state index contributed by atoms with van der Waals surface area (Å²) in [5.41, 5.74) is 2.10. The summed E-state index contributed by atoms with van der Waals surface area (Å²) in [4.78, 5) is 8.66. The van der Waals surface area contributed by atoms with Crippen LogP contribution in [-0.2, 0) is 10.3 Å². The first-order valence-electron chi connectivity index (χ1n) is 13.9. The normalized spacial score (nSPS) is 20.6. The molecule has 3 nitrogen and oxygen atoms in total. The Balaban J connectivity index is 1.40. The van der Waals surface area contributed by atoms with Gasteiger partial charge in [-0.3, -0.25) is 9.97 Å². The molecule has 0 saturated carbocycles. The second kappa shape index (κ2) is 17.0. The molecule has 0 aromatic carbocycles. The molecular formula is C30H50N2O. The van der Waals surface area contributed by atoms with Gasteiger partial charge in [0.15, 0.2) is 0 Å². The van der Waals surface area contributed by atoms with Crippen molar-refractivity contribution in [1.82, 2.24) is 9.97 Å². The lowest BCUT2D eigenvalue weighted by Crippen LogP contribution is -2.22. The highest BCUT2D eigenvalue weighted by atomic mass is 16.5. The van der Waals surface area contributed by atoms with Crippen LogP contribution in [0.3, 0.4) is 0 Å². The Morgan fingerprint density at radius 1 is 0.970 bits per heavy atom. The third kappa shape index (κ3) is 12.0. The highest BCUT2D eigenvalue weighted by molar-refractivity contribution is 5.09. The Morgan fingerprint density at radius 3 is 2.30 bits per heavy atom. The van der Waals surface area contributed by atoms with Crippen LogP contribution >= 0.6 is 0 Å². The zero-order chi connectivity index (χ0) is 23.6. The molecule has 1 aliphatic rings. The summed E-state index contributed by atoms with van der Waals surface area (Å²) in [7, 11) is 0. The maximum Gasteiger partial charge on any atom is 0.109 e. The van der Waals surface area contributed by atoms with Gasteiger partial charge in [0, 0.05) is 12.4 Å². The molecule has 1 aromatic rings. The largest absolute Gasteiger partial charge is 0.369 e. The van der Waals surface area contributed by atoms with Gasteiger partial charge < -0.3 is 4.74 Å². The van der Waals surface area contributed by atoms with E-state index in [4.69, 9.17) is 4.74 Å². The van der Waals surface area contributed by atoms with Crippen molar-refractivity contribution in [3.63, 3.8) is 0 Å². The Kier molecular flexibility index (Phi) is 14.3.